The number of rotatable bonds is 17. The minimum absolute atomic E-state index is 0.613. The summed E-state index contributed by atoms with van der Waals surface area (Å²) in [6.07, 6.45) is 41.9. The summed E-state index contributed by atoms with van der Waals surface area (Å²) in [4.78, 5) is 9.91. The lowest BCUT2D eigenvalue weighted by molar-refractivity contribution is 0.155. The van der Waals surface area contributed by atoms with Gasteiger partial charge in [-0.15, -0.1) is 0 Å². The molecule has 4 rings (SSSR count). The molecule has 40 heavy (non-hydrogen) atoms. The van der Waals surface area contributed by atoms with Gasteiger partial charge in [-0.25, -0.2) is 9.97 Å². The van der Waals surface area contributed by atoms with E-state index in [0.717, 1.165) is 29.5 Å². The zero-order valence-electron chi connectivity index (χ0n) is 26.9. The largest absolute Gasteiger partial charge is 0.241 e. The smallest absolute Gasteiger partial charge is 0.131 e. The highest BCUT2D eigenvalue weighted by Gasteiger charge is 2.31. The van der Waals surface area contributed by atoms with Crippen molar-refractivity contribution in [1.29, 1.82) is 0 Å². The van der Waals surface area contributed by atoms with Crippen molar-refractivity contribution in [2.24, 2.45) is 23.7 Å². The molecule has 228 valence electrons. The maximum atomic E-state index is 4.95. The van der Waals surface area contributed by atoms with E-state index in [0.29, 0.717) is 11.8 Å². The SMILES string of the molecule is CCCCCCCCC[C@H]1CC[C@H]([C@H]2CC[C@H](c3cnc([C@H]4CC[C@H](CCCCCCC)CC4)nc3)CC2)CC1. The summed E-state index contributed by atoms with van der Waals surface area (Å²) < 4.78 is 0. The fraction of sp³-hybridized carbons (Fsp3) is 0.895. The normalized spacial score (nSPS) is 29.4. The molecule has 2 nitrogen and oxygen atoms in total. The first-order chi connectivity index (χ1) is 19.8. The summed E-state index contributed by atoms with van der Waals surface area (Å²) >= 11 is 0. The van der Waals surface area contributed by atoms with Gasteiger partial charge in [-0.3, -0.25) is 0 Å². The fourth-order valence-corrected chi connectivity index (χ4v) is 8.78. The second-order valence-electron chi connectivity index (χ2n) is 14.6. The predicted octanol–water partition coefficient (Wildman–Crippen LogP) is 12.3. The Kier molecular flexibility index (Phi) is 14.9. The first kappa shape index (κ1) is 32.0. The van der Waals surface area contributed by atoms with Crippen molar-refractivity contribution in [2.75, 3.05) is 0 Å². The van der Waals surface area contributed by atoms with Crippen molar-refractivity contribution in [1.82, 2.24) is 9.97 Å². The van der Waals surface area contributed by atoms with E-state index in [2.05, 4.69) is 26.2 Å². The van der Waals surface area contributed by atoms with Crippen molar-refractivity contribution in [3.05, 3.63) is 23.8 Å². The molecule has 3 fully saturated rings. The van der Waals surface area contributed by atoms with Crippen molar-refractivity contribution in [3.63, 3.8) is 0 Å². The molecule has 0 aliphatic heterocycles. The molecule has 0 radical (unpaired) electrons. The average Bonchev–Trinajstić information content (AvgIpc) is 3.01. The molecular weight excluding hydrogens is 484 g/mol. The Morgan fingerprint density at radius 2 is 0.875 bits per heavy atom. The van der Waals surface area contributed by atoms with Crippen molar-refractivity contribution < 1.29 is 0 Å². The number of hydrogen-bond donors (Lipinski definition) is 0. The minimum Gasteiger partial charge on any atom is -0.241 e. The van der Waals surface area contributed by atoms with E-state index in [-0.39, 0.29) is 0 Å². The van der Waals surface area contributed by atoms with Crippen molar-refractivity contribution in [2.45, 2.75) is 193 Å². The maximum absolute atomic E-state index is 4.95. The molecule has 2 heteroatoms. The number of nitrogens with zero attached hydrogens (tertiary/aromatic N) is 2. The van der Waals surface area contributed by atoms with E-state index >= 15 is 0 Å². The van der Waals surface area contributed by atoms with Crippen molar-refractivity contribution >= 4 is 0 Å². The third kappa shape index (κ3) is 10.7. The van der Waals surface area contributed by atoms with E-state index in [1.165, 1.54) is 173 Å². The highest BCUT2D eigenvalue weighted by molar-refractivity contribution is 5.14. The average molecular weight is 551 g/mol. The van der Waals surface area contributed by atoms with E-state index in [4.69, 9.17) is 9.97 Å². The van der Waals surface area contributed by atoms with Crippen LogP contribution in [0.5, 0.6) is 0 Å². The molecule has 0 amide bonds. The summed E-state index contributed by atoms with van der Waals surface area (Å²) in [6.45, 7) is 4.63. The van der Waals surface area contributed by atoms with E-state index in [1.54, 1.807) is 0 Å². The number of unbranched alkanes of at least 4 members (excludes halogenated alkanes) is 10. The van der Waals surface area contributed by atoms with Gasteiger partial charge in [0.1, 0.15) is 5.82 Å². The van der Waals surface area contributed by atoms with Gasteiger partial charge in [0, 0.05) is 18.3 Å². The van der Waals surface area contributed by atoms with Crippen LogP contribution in [0.2, 0.25) is 0 Å². The molecule has 3 aliphatic carbocycles. The summed E-state index contributed by atoms with van der Waals surface area (Å²) in [7, 11) is 0. The van der Waals surface area contributed by atoms with Crippen LogP contribution < -0.4 is 0 Å². The number of hydrogen-bond acceptors (Lipinski definition) is 2. The third-order valence-corrected chi connectivity index (χ3v) is 11.6. The van der Waals surface area contributed by atoms with Crippen LogP contribution in [-0.4, -0.2) is 9.97 Å². The fourth-order valence-electron chi connectivity index (χ4n) is 8.78. The van der Waals surface area contributed by atoms with Gasteiger partial charge in [0.2, 0.25) is 0 Å². The van der Waals surface area contributed by atoms with Crippen LogP contribution in [0.1, 0.15) is 204 Å². The molecule has 0 spiro atoms. The Hall–Kier alpha value is -0.920. The van der Waals surface area contributed by atoms with Crippen LogP contribution in [0, 0.1) is 23.7 Å². The standard InChI is InChI=1S/C38H66N2/c1-3-5-7-9-10-12-14-16-31-17-21-33(22-18-31)34-25-27-35(28-26-34)37-29-39-38(40-30-37)36-23-19-32(20-24-36)15-13-11-8-6-4-2/h29-36H,3-28H2,1-2H3/t31-,32-,33-,34-,35-,36-. The monoisotopic (exact) mass is 551 g/mol. The molecule has 0 aromatic carbocycles. The first-order valence-electron chi connectivity index (χ1n) is 18.6. The summed E-state index contributed by atoms with van der Waals surface area (Å²) in [5, 5.41) is 0. The van der Waals surface area contributed by atoms with Crippen LogP contribution in [0.15, 0.2) is 12.4 Å². The minimum atomic E-state index is 0.613. The first-order valence-corrected chi connectivity index (χ1v) is 18.6. The predicted molar refractivity (Wildman–Crippen MR) is 173 cm³/mol. The van der Waals surface area contributed by atoms with Gasteiger partial charge in [0.15, 0.2) is 0 Å². The van der Waals surface area contributed by atoms with Crippen LogP contribution in [-0.2, 0) is 0 Å². The summed E-state index contributed by atoms with van der Waals surface area (Å²) in [6, 6.07) is 0. The molecule has 1 heterocycles. The molecule has 3 saturated carbocycles. The van der Waals surface area contributed by atoms with E-state index in [1.807, 2.05) is 0 Å². The Labute approximate surface area is 249 Å². The molecule has 0 atom stereocenters. The quantitative estimate of drug-likeness (QED) is 0.180. The molecule has 3 aliphatic rings. The van der Waals surface area contributed by atoms with Gasteiger partial charge >= 0.3 is 0 Å². The molecule has 0 unspecified atom stereocenters. The van der Waals surface area contributed by atoms with Gasteiger partial charge in [0.05, 0.1) is 0 Å². The van der Waals surface area contributed by atoms with Gasteiger partial charge in [-0.1, -0.05) is 117 Å². The van der Waals surface area contributed by atoms with Gasteiger partial charge < -0.3 is 0 Å². The zero-order chi connectivity index (χ0) is 27.8. The summed E-state index contributed by atoms with van der Waals surface area (Å²) in [5.41, 5.74) is 1.43. The van der Waals surface area contributed by atoms with Gasteiger partial charge in [-0.05, 0) is 99.4 Å². The van der Waals surface area contributed by atoms with Crippen molar-refractivity contribution in [3.8, 4) is 0 Å². The lowest BCUT2D eigenvalue weighted by Crippen LogP contribution is -2.25. The summed E-state index contributed by atoms with van der Waals surface area (Å²) in [5.74, 6) is 6.50. The topological polar surface area (TPSA) is 25.8 Å². The highest BCUT2D eigenvalue weighted by Crippen LogP contribution is 2.44. The molecular formula is C38H66N2. The Morgan fingerprint density at radius 1 is 0.475 bits per heavy atom. The van der Waals surface area contributed by atoms with Crippen LogP contribution in [0.25, 0.3) is 0 Å². The van der Waals surface area contributed by atoms with Gasteiger partial charge in [-0.2, -0.15) is 0 Å². The van der Waals surface area contributed by atoms with Gasteiger partial charge in [0.25, 0.3) is 0 Å². The second kappa shape index (κ2) is 18.6. The van der Waals surface area contributed by atoms with Crippen LogP contribution in [0.3, 0.4) is 0 Å². The van der Waals surface area contributed by atoms with Crippen LogP contribution >= 0.6 is 0 Å². The lowest BCUT2D eigenvalue weighted by Gasteiger charge is -2.38. The van der Waals surface area contributed by atoms with Crippen LogP contribution in [0.4, 0.5) is 0 Å². The molecule has 0 saturated heterocycles. The Balaban J connectivity index is 1.08. The van der Waals surface area contributed by atoms with E-state index in [9.17, 15) is 0 Å². The van der Waals surface area contributed by atoms with E-state index < -0.39 is 0 Å². The molecule has 1 aromatic rings. The second-order valence-corrected chi connectivity index (χ2v) is 14.6. The highest BCUT2D eigenvalue weighted by atomic mass is 14.9. The maximum Gasteiger partial charge on any atom is 0.131 e. The Bertz CT molecular complexity index is 748. The zero-order valence-corrected chi connectivity index (χ0v) is 26.9. The molecule has 0 bridgehead atoms. The Morgan fingerprint density at radius 3 is 1.38 bits per heavy atom. The number of aromatic nitrogens is 2. The molecule has 0 N–H and O–H groups in total. The lowest BCUT2D eigenvalue weighted by atomic mass is 9.68. The third-order valence-electron chi connectivity index (χ3n) is 11.6. The molecule has 1 aromatic heterocycles.